The number of Topliss-reactive ketones (excluding diaryl/α,β-unsaturated/α-hetero) is 1. The molecule has 1 nitrogen and oxygen atoms in total. The van der Waals surface area contributed by atoms with E-state index in [0.717, 1.165) is 17.9 Å². The molecule has 0 aliphatic rings. The summed E-state index contributed by atoms with van der Waals surface area (Å²) in [6.07, 6.45) is 1.74. The van der Waals surface area contributed by atoms with Crippen LogP contribution in [0, 0.1) is 5.92 Å². The van der Waals surface area contributed by atoms with Gasteiger partial charge >= 0.3 is 0 Å². The zero-order valence-electron chi connectivity index (χ0n) is 7.72. The number of carbonyl (C=O) groups is 1. The lowest BCUT2D eigenvalue weighted by Crippen LogP contribution is -2.10. The van der Waals surface area contributed by atoms with Gasteiger partial charge in [-0.25, -0.2) is 0 Å². The molecule has 0 spiro atoms. The highest BCUT2D eigenvalue weighted by Gasteiger charge is 2.08. The molecule has 2 heteroatoms. The summed E-state index contributed by atoms with van der Waals surface area (Å²) in [7, 11) is 0. The third-order valence-electron chi connectivity index (χ3n) is 1.80. The Labute approximate surface area is 73.9 Å². The number of rotatable bonds is 6. The first-order valence-electron chi connectivity index (χ1n) is 4.32. The third kappa shape index (κ3) is 5.31. The van der Waals surface area contributed by atoms with Crippen LogP contribution in [-0.4, -0.2) is 17.3 Å². The lowest BCUT2D eigenvalue weighted by Gasteiger charge is -2.07. The van der Waals surface area contributed by atoms with Crippen LogP contribution in [0.25, 0.3) is 0 Å². The molecule has 0 bridgehead atoms. The Hall–Kier alpha value is 0.0200. The van der Waals surface area contributed by atoms with Gasteiger partial charge in [-0.15, -0.1) is 0 Å². The van der Waals surface area contributed by atoms with E-state index in [1.165, 1.54) is 0 Å². The van der Waals surface area contributed by atoms with E-state index >= 15 is 0 Å². The minimum absolute atomic E-state index is 0.277. The first-order valence-corrected chi connectivity index (χ1v) is 5.48. The monoisotopic (exact) mass is 174 g/mol. The van der Waals surface area contributed by atoms with Crippen molar-refractivity contribution in [1.29, 1.82) is 0 Å². The molecule has 66 valence electrons. The van der Waals surface area contributed by atoms with E-state index in [1.54, 1.807) is 0 Å². The van der Waals surface area contributed by atoms with Crippen LogP contribution in [0.15, 0.2) is 0 Å². The van der Waals surface area contributed by atoms with Crippen LogP contribution in [0.5, 0.6) is 0 Å². The quantitative estimate of drug-likeness (QED) is 0.576. The normalized spacial score (nSPS) is 13.0. The van der Waals surface area contributed by atoms with E-state index < -0.39 is 0 Å². The maximum absolute atomic E-state index is 11.1. The van der Waals surface area contributed by atoms with Gasteiger partial charge in [-0.3, -0.25) is 4.79 Å². The standard InChI is InChI=1S/C9H18OS/c1-4-9(10)8(3)6-7-11-5-2/h8H,4-7H2,1-3H3. The molecule has 0 saturated carbocycles. The Kier molecular flexibility index (Phi) is 6.73. The molecule has 1 atom stereocenters. The predicted octanol–water partition coefficient (Wildman–Crippen LogP) is 2.74. The van der Waals surface area contributed by atoms with Crippen molar-refractivity contribution in [3.8, 4) is 0 Å². The summed E-state index contributed by atoms with van der Waals surface area (Å²) >= 11 is 1.91. The molecule has 0 aliphatic heterocycles. The van der Waals surface area contributed by atoms with Gasteiger partial charge in [0.15, 0.2) is 0 Å². The number of hydrogen-bond acceptors (Lipinski definition) is 2. The molecule has 0 amide bonds. The zero-order chi connectivity index (χ0) is 8.69. The first-order chi connectivity index (χ1) is 5.22. The second-order valence-corrected chi connectivity index (χ2v) is 4.10. The lowest BCUT2D eigenvalue weighted by molar-refractivity contribution is -0.122. The smallest absolute Gasteiger partial charge is 0.135 e. The summed E-state index contributed by atoms with van der Waals surface area (Å²) in [6, 6.07) is 0. The van der Waals surface area contributed by atoms with Gasteiger partial charge in [0, 0.05) is 12.3 Å². The summed E-state index contributed by atoms with van der Waals surface area (Å²) in [5.74, 6) is 2.97. The highest BCUT2D eigenvalue weighted by Crippen LogP contribution is 2.10. The minimum atomic E-state index is 0.277. The van der Waals surface area contributed by atoms with Crippen molar-refractivity contribution in [2.75, 3.05) is 11.5 Å². The summed E-state index contributed by atoms with van der Waals surface area (Å²) in [5.41, 5.74) is 0. The summed E-state index contributed by atoms with van der Waals surface area (Å²) in [5, 5.41) is 0. The van der Waals surface area contributed by atoms with E-state index in [4.69, 9.17) is 0 Å². The largest absolute Gasteiger partial charge is 0.299 e. The van der Waals surface area contributed by atoms with Crippen molar-refractivity contribution in [2.45, 2.75) is 33.6 Å². The molecule has 0 N–H and O–H groups in total. The maximum atomic E-state index is 11.1. The second kappa shape index (κ2) is 6.71. The fourth-order valence-electron chi connectivity index (χ4n) is 0.914. The molecule has 0 aromatic heterocycles. The molecule has 0 saturated heterocycles. The molecule has 0 aromatic carbocycles. The summed E-state index contributed by atoms with van der Waals surface area (Å²) in [4.78, 5) is 11.1. The van der Waals surface area contributed by atoms with E-state index in [0.29, 0.717) is 12.2 Å². The van der Waals surface area contributed by atoms with Gasteiger partial charge in [-0.1, -0.05) is 20.8 Å². The Bertz CT molecular complexity index is 112. The van der Waals surface area contributed by atoms with Gasteiger partial charge in [0.1, 0.15) is 5.78 Å². The van der Waals surface area contributed by atoms with Crippen LogP contribution >= 0.6 is 11.8 Å². The minimum Gasteiger partial charge on any atom is -0.299 e. The van der Waals surface area contributed by atoms with Gasteiger partial charge in [-0.2, -0.15) is 11.8 Å². The molecule has 1 unspecified atom stereocenters. The molecule has 0 aromatic rings. The van der Waals surface area contributed by atoms with Gasteiger partial charge in [0.05, 0.1) is 0 Å². The van der Waals surface area contributed by atoms with E-state index in [1.807, 2.05) is 25.6 Å². The number of thioether (sulfide) groups is 1. The molecule has 0 aliphatic carbocycles. The Balaban J connectivity index is 3.36. The second-order valence-electron chi connectivity index (χ2n) is 2.71. The molecule has 0 radical (unpaired) electrons. The predicted molar refractivity (Wildman–Crippen MR) is 52.1 cm³/mol. The number of hydrogen-bond donors (Lipinski definition) is 0. The molecular weight excluding hydrogens is 156 g/mol. The third-order valence-corrected chi connectivity index (χ3v) is 2.73. The molecular formula is C9H18OS. The maximum Gasteiger partial charge on any atom is 0.135 e. The van der Waals surface area contributed by atoms with E-state index in [9.17, 15) is 4.79 Å². The van der Waals surface area contributed by atoms with E-state index in [2.05, 4.69) is 6.92 Å². The van der Waals surface area contributed by atoms with Crippen LogP contribution in [0.2, 0.25) is 0 Å². The number of carbonyl (C=O) groups excluding carboxylic acids is 1. The van der Waals surface area contributed by atoms with Crippen LogP contribution in [0.1, 0.15) is 33.6 Å². The van der Waals surface area contributed by atoms with Crippen molar-refractivity contribution in [2.24, 2.45) is 5.92 Å². The Morgan fingerprint density at radius 1 is 1.45 bits per heavy atom. The fourth-order valence-corrected chi connectivity index (χ4v) is 1.72. The van der Waals surface area contributed by atoms with Crippen molar-refractivity contribution >= 4 is 17.5 Å². The van der Waals surface area contributed by atoms with Gasteiger partial charge in [0.2, 0.25) is 0 Å². The van der Waals surface area contributed by atoms with Crippen molar-refractivity contribution < 1.29 is 4.79 Å². The Morgan fingerprint density at radius 3 is 2.55 bits per heavy atom. The first kappa shape index (κ1) is 11.0. The van der Waals surface area contributed by atoms with E-state index in [-0.39, 0.29) is 5.92 Å². The Morgan fingerprint density at radius 2 is 2.09 bits per heavy atom. The lowest BCUT2D eigenvalue weighted by atomic mass is 10.0. The van der Waals surface area contributed by atoms with Gasteiger partial charge in [0.25, 0.3) is 0 Å². The highest BCUT2D eigenvalue weighted by molar-refractivity contribution is 7.99. The van der Waals surface area contributed by atoms with Gasteiger partial charge in [-0.05, 0) is 17.9 Å². The molecule has 0 rings (SSSR count). The topological polar surface area (TPSA) is 17.1 Å². The zero-order valence-corrected chi connectivity index (χ0v) is 8.54. The molecule has 0 heterocycles. The van der Waals surface area contributed by atoms with Crippen molar-refractivity contribution in [1.82, 2.24) is 0 Å². The SMILES string of the molecule is CCSCCC(C)C(=O)CC. The molecule has 11 heavy (non-hydrogen) atoms. The fraction of sp³-hybridized carbons (Fsp3) is 0.889. The average molecular weight is 174 g/mol. The van der Waals surface area contributed by atoms with Crippen molar-refractivity contribution in [3.05, 3.63) is 0 Å². The van der Waals surface area contributed by atoms with Crippen LogP contribution < -0.4 is 0 Å². The van der Waals surface area contributed by atoms with Gasteiger partial charge < -0.3 is 0 Å². The number of ketones is 1. The van der Waals surface area contributed by atoms with Crippen LogP contribution in [0.3, 0.4) is 0 Å². The van der Waals surface area contributed by atoms with Crippen LogP contribution in [-0.2, 0) is 4.79 Å². The summed E-state index contributed by atoms with van der Waals surface area (Å²) in [6.45, 7) is 6.12. The summed E-state index contributed by atoms with van der Waals surface area (Å²) < 4.78 is 0. The van der Waals surface area contributed by atoms with Crippen LogP contribution in [0.4, 0.5) is 0 Å². The average Bonchev–Trinajstić information content (AvgIpc) is 2.03. The molecule has 0 fully saturated rings. The highest BCUT2D eigenvalue weighted by atomic mass is 32.2. The van der Waals surface area contributed by atoms with Crippen molar-refractivity contribution in [3.63, 3.8) is 0 Å².